The number of hydrogen-bond donors (Lipinski definition) is 1. The first-order valence-corrected chi connectivity index (χ1v) is 6.77. The second kappa shape index (κ2) is 7.12. The zero-order valence-corrected chi connectivity index (χ0v) is 11.2. The van der Waals surface area contributed by atoms with Crippen molar-refractivity contribution in [3.8, 4) is 0 Å². The van der Waals surface area contributed by atoms with Crippen LogP contribution in [0.15, 0.2) is 0 Å². The molecule has 0 radical (unpaired) electrons. The van der Waals surface area contributed by atoms with Crippen LogP contribution >= 0.6 is 11.8 Å². The number of rotatable bonds is 7. The summed E-state index contributed by atoms with van der Waals surface area (Å²) in [7, 11) is 0. The standard InChI is InChI=1S/C11H23NO2S/c1-8(2)12(9(3)4)10(7-15-5)6-11(13)14/h8-10H,6-7H2,1-5H3,(H,13,14). The second-order valence-electron chi connectivity index (χ2n) is 4.34. The third-order valence-electron chi connectivity index (χ3n) is 2.38. The number of carbonyl (C=O) groups is 1. The van der Waals surface area contributed by atoms with E-state index in [4.69, 9.17) is 5.11 Å². The summed E-state index contributed by atoms with van der Waals surface area (Å²) in [6, 6.07) is 0.917. The van der Waals surface area contributed by atoms with Crippen molar-refractivity contribution in [2.24, 2.45) is 0 Å². The van der Waals surface area contributed by atoms with Gasteiger partial charge in [0.05, 0.1) is 6.42 Å². The molecule has 0 rings (SSSR count). The summed E-state index contributed by atoms with van der Waals surface area (Å²) in [5, 5.41) is 8.89. The number of aliphatic carboxylic acids is 1. The van der Waals surface area contributed by atoms with Crippen LogP contribution in [-0.4, -0.2) is 46.1 Å². The third kappa shape index (κ3) is 5.42. The van der Waals surface area contributed by atoms with Crippen LogP contribution in [0.4, 0.5) is 0 Å². The molecule has 0 aromatic heterocycles. The van der Waals surface area contributed by atoms with E-state index in [0.29, 0.717) is 12.1 Å². The first-order valence-electron chi connectivity index (χ1n) is 5.38. The van der Waals surface area contributed by atoms with Crippen LogP contribution in [0.3, 0.4) is 0 Å². The fraction of sp³-hybridized carbons (Fsp3) is 0.909. The lowest BCUT2D eigenvalue weighted by Crippen LogP contribution is -2.47. The molecule has 0 aliphatic heterocycles. The van der Waals surface area contributed by atoms with Gasteiger partial charge in [0, 0.05) is 23.9 Å². The molecular weight excluding hydrogens is 210 g/mol. The van der Waals surface area contributed by atoms with Crippen LogP contribution in [0, 0.1) is 0 Å². The van der Waals surface area contributed by atoms with Gasteiger partial charge in [-0.1, -0.05) is 0 Å². The van der Waals surface area contributed by atoms with Crippen molar-refractivity contribution in [1.29, 1.82) is 0 Å². The molecule has 1 N–H and O–H groups in total. The van der Waals surface area contributed by atoms with E-state index in [0.717, 1.165) is 5.75 Å². The van der Waals surface area contributed by atoms with E-state index in [1.807, 2.05) is 6.26 Å². The van der Waals surface area contributed by atoms with Gasteiger partial charge in [-0.05, 0) is 34.0 Å². The quantitative estimate of drug-likeness (QED) is 0.732. The van der Waals surface area contributed by atoms with Gasteiger partial charge in [-0.15, -0.1) is 0 Å². The van der Waals surface area contributed by atoms with Crippen LogP contribution in [0.5, 0.6) is 0 Å². The molecule has 0 bridgehead atoms. The van der Waals surface area contributed by atoms with Crippen LogP contribution in [-0.2, 0) is 4.79 Å². The fourth-order valence-electron chi connectivity index (χ4n) is 2.08. The topological polar surface area (TPSA) is 40.5 Å². The Hall–Kier alpha value is -0.220. The van der Waals surface area contributed by atoms with Gasteiger partial charge in [0.2, 0.25) is 0 Å². The molecular formula is C11H23NO2S. The van der Waals surface area contributed by atoms with E-state index in [9.17, 15) is 4.79 Å². The minimum absolute atomic E-state index is 0.137. The maximum atomic E-state index is 10.8. The fourth-order valence-corrected chi connectivity index (χ4v) is 2.76. The van der Waals surface area contributed by atoms with Gasteiger partial charge in [0.25, 0.3) is 0 Å². The summed E-state index contributed by atoms with van der Waals surface area (Å²) < 4.78 is 0. The molecule has 1 unspecified atom stereocenters. The maximum Gasteiger partial charge on any atom is 0.304 e. The molecule has 90 valence electrons. The number of nitrogens with zero attached hydrogens (tertiary/aromatic N) is 1. The Morgan fingerprint density at radius 1 is 1.27 bits per heavy atom. The molecule has 1 atom stereocenters. The molecule has 0 aliphatic carbocycles. The highest BCUT2D eigenvalue weighted by Gasteiger charge is 2.25. The first kappa shape index (κ1) is 14.8. The lowest BCUT2D eigenvalue weighted by atomic mass is 10.1. The summed E-state index contributed by atoms with van der Waals surface area (Å²) in [5.74, 6) is 0.170. The van der Waals surface area contributed by atoms with E-state index in [2.05, 4.69) is 32.6 Å². The van der Waals surface area contributed by atoms with Crippen molar-refractivity contribution in [3.05, 3.63) is 0 Å². The van der Waals surface area contributed by atoms with Crippen molar-refractivity contribution >= 4 is 17.7 Å². The molecule has 0 amide bonds. The normalized spacial score (nSPS) is 13.9. The van der Waals surface area contributed by atoms with Gasteiger partial charge in [-0.25, -0.2) is 0 Å². The van der Waals surface area contributed by atoms with Crippen molar-refractivity contribution in [3.63, 3.8) is 0 Å². The molecule has 0 aliphatic rings. The summed E-state index contributed by atoms with van der Waals surface area (Å²) >= 11 is 1.71. The minimum Gasteiger partial charge on any atom is -0.481 e. The summed E-state index contributed by atoms with van der Waals surface area (Å²) in [6.45, 7) is 8.48. The number of carboxylic acid groups (broad SMARTS) is 1. The zero-order chi connectivity index (χ0) is 12.0. The largest absolute Gasteiger partial charge is 0.481 e. The van der Waals surface area contributed by atoms with Crippen LogP contribution in [0.25, 0.3) is 0 Å². The lowest BCUT2D eigenvalue weighted by Gasteiger charge is -2.37. The average molecular weight is 233 g/mol. The van der Waals surface area contributed by atoms with E-state index in [1.54, 1.807) is 11.8 Å². The van der Waals surface area contributed by atoms with Crippen LogP contribution in [0.2, 0.25) is 0 Å². The van der Waals surface area contributed by atoms with Gasteiger partial charge in [-0.2, -0.15) is 11.8 Å². The van der Waals surface area contributed by atoms with Gasteiger partial charge in [0.1, 0.15) is 0 Å². The summed E-state index contributed by atoms with van der Waals surface area (Å²) in [4.78, 5) is 13.1. The van der Waals surface area contributed by atoms with E-state index in [1.165, 1.54) is 0 Å². The summed E-state index contributed by atoms with van der Waals surface area (Å²) in [5.41, 5.74) is 0. The van der Waals surface area contributed by atoms with Gasteiger partial charge < -0.3 is 5.11 Å². The number of carboxylic acids is 1. The molecule has 0 saturated carbocycles. The van der Waals surface area contributed by atoms with Crippen molar-refractivity contribution in [2.45, 2.75) is 52.2 Å². The number of thioether (sulfide) groups is 1. The smallest absolute Gasteiger partial charge is 0.304 e. The Labute approximate surface area is 97.2 Å². The molecule has 0 spiro atoms. The van der Waals surface area contributed by atoms with Gasteiger partial charge in [0.15, 0.2) is 0 Å². The zero-order valence-electron chi connectivity index (χ0n) is 10.4. The Bertz CT molecular complexity index is 187. The van der Waals surface area contributed by atoms with E-state index >= 15 is 0 Å². The molecule has 0 heterocycles. The van der Waals surface area contributed by atoms with Gasteiger partial charge >= 0.3 is 5.97 Å². The van der Waals surface area contributed by atoms with Crippen LogP contribution in [0.1, 0.15) is 34.1 Å². The predicted octanol–water partition coefficient (Wildman–Crippen LogP) is 2.31. The van der Waals surface area contributed by atoms with E-state index < -0.39 is 5.97 Å². The minimum atomic E-state index is -0.708. The highest BCUT2D eigenvalue weighted by Crippen LogP contribution is 2.17. The molecule has 0 aromatic carbocycles. The van der Waals surface area contributed by atoms with E-state index in [-0.39, 0.29) is 12.5 Å². The highest BCUT2D eigenvalue weighted by molar-refractivity contribution is 7.98. The molecule has 0 aromatic rings. The predicted molar refractivity (Wildman–Crippen MR) is 66.5 cm³/mol. The Morgan fingerprint density at radius 2 is 1.73 bits per heavy atom. The molecule has 0 saturated heterocycles. The van der Waals surface area contributed by atoms with Gasteiger partial charge in [-0.3, -0.25) is 9.69 Å². The Balaban J connectivity index is 4.59. The maximum absolute atomic E-state index is 10.8. The second-order valence-corrected chi connectivity index (χ2v) is 5.25. The molecule has 3 nitrogen and oxygen atoms in total. The Morgan fingerprint density at radius 3 is 2.00 bits per heavy atom. The molecule has 0 fully saturated rings. The third-order valence-corrected chi connectivity index (χ3v) is 3.10. The SMILES string of the molecule is CSCC(CC(=O)O)N(C(C)C)C(C)C. The van der Waals surface area contributed by atoms with Crippen molar-refractivity contribution < 1.29 is 9.90 Å². The number of hydrogen-bond acceptors (Lipinski definition) is 3. The molecule has 4 heteroatoms. The van der Waals surface area contributed by atoms with Crippen LogP contribution < -0.4 is 0 Å². The van der Waals surface area contributed by atoms with Crippen molar-refractivity contribution in [2.75, 3.05) is 12.0 Å². The Kier molecular flexibility index (Phi) is 7.02. The lowest BCUT2D eigenvalue weighted by molar-refractivity contribution is -0.138. The monoisotopic (exact) mass is 233 g/mol. The summed E-state index contributed by atoms with van der Waals surface area (Å²) in [6.07, 6.45) is 2.25. The first-order chi connectivity index (χ1) is 6.90. The molecule has 15 heavy (non-hydrogen) atoms. The van der Waals surface area contributed by atoms with Crippen molar-refractivity contribution in [1.82, 2.24) is 4.90 Å². The highest BCUT2D eigenvalue weighted by atomic mass is 32.2. The average Bonchev–Trinajstić information content (AvgIpc) is 2.01.